The van der Waals surface area contributed by atoms with Gasteiger partial charge in [-0.25, -0.2) is 10.1 Å². The van der Waals surface area contributed by atoms with E-state index in [4.69, 9.17) is 0 Å². The summed E-state index contributed by atoms with van der Waals surface area (Å²) in [4.78, 5) is 25.2. The van der Waals surface area contributed by atoms with Gasteiger partial charge in [0.15, 0.2) is 5.69 Å². The molecule has 0 atom stereocenters. The molecule has 0 saturated heterocycles. The Morgan fingerprint density at radius 2 is 1.76 bits per heavy atom. The highest BCUT2D eigenvalue weighted by molar-refractivity contribution is 6.05. The molecule has 1 aliphatic rings. The van der Waals surface area contributed by atoms with Crippen molar-refractivity contribution in [3.63, 3.8) is 0 Å². The van der Waals surface area contributed by atoms with Gasteiger partial charge in [-0.2, -0.15) is 10.2 Å². The van der Waals surface area contributed by atoms with Crippen molar-refractivity contribution in [2.45, 2.75) is 58.4 Å². The molecule has 0 unspecified atom stereocenters. The van der Waals surface area contributed by atoms with Gasteiger partial charge in [0.2, 0.25) is 0 Å². The first-order chi connectivity index (χ1) is 12.1. The highest BCUT2D eigenvalue weighted by Gasteiger charge is 2.18. The van der Waals surface area contributed by atoms with Gasteiger partial charge in [0.25, 0.3) is 11.5 Å². The third-order valence-corrected chi connectivity index (χ3v) is 4.53. The fourth-order valence-electron chi connectivity index (χ4n) is 3.16. The van der Waals surface area contributed by atoms with E-state index in [9.17, 15) is 9.59 Å². The number of aromatic nitrogens is 2. The quantitative estimate of drug-likeness (QED) is 0.687. The molecule has 0 bridgehead atoms. The number of carbonyl (C=O) groups is 1. The van der Waals surface area contributed by atoms with E-state index in [0.717, 1.165) is 31.4 Å². The average Bonchev–Trinajstić information content (AvgIpc) is 2.89. The zero-order valence-electron chi connectivity index (χ0n) is 14.8. The van der Waals surface area contributed by atoms with E-state index < -0.39 is 0 Å². The van der Waals surface area contributed by atoms with Crippen molar-refractivity contribution >= 4 is 22.4 Å². The Bertz CT molecular complexity index is 857. The van der Waals surface area contributed by atoms with Gasteiger partial charge in [-0.1, -0.05) is 31.0 Å². The number of benzene rings is 1. The Hall–Kier alpha value is -2.50. The zero-order valence-corrected chi connectivity index (χ0v) is 14.8. The lowest BCUT2D eigenvalue weighted by molar-refractivity contribution is 0.0949. The average molecular weight is 340 g/mol. The smallest absolute Gasteiger partial charge is 0.267 e. The Labute approximate surface area is 146 Å². The highest BCUT2D eigenvalue weighted by atomic mass is 16.2. The SMILES string of the molecule is CC(C)n1nc(C(=O)NN=C2CCCCCC2)c2ccccc2c1=O. The van der Waals surface area contributed by atoms with E-state index in [2.05, 4.69) is 15.6 Å². The monoisotopic (exact) mass is 340 g/mol. The second-order valence-electron chi connectivity index (χ2n) is 6.77. The molecule has 1 fully saturated rings. The predicted octanol–water partition coefficient (Wildman–Crippen LogP) is 3.42. The maximum Gasteiger partial charge on any atom is 0.292 e. The molecule has 1 aliphatic carbocycles. The molecular formula is C19H24N4O2. The lowest BCUT2D eigenvalue weighted by atomic mass is 10.1. The molecule has 1 N–H and O–H groups in total. The molecule has 0 radical (unpaired) electrons. The van der Waals surface area contributed by atoms with Gasteiger partial charge in [-0.05, 0) is 45.6 Å². The molecule has 1 aromatic heterocycles. The normalized spacial score (nSPS) is 15.2. The van der Waals surface area contributed by atoms with Gasteiger partial charge < -0.3 is 0 Å². The predicted molar refractivity (Wildman–Crippen MR) is 99.0 cm³/mol. The van der Waals surface area contributed by atoms with Crippen LogP contribution in [0.15, 0.2) is 34.2 Å². The maximum atomic E-state index is 12.7. The van der Waals surface area contributed by atoms with Crippen LogP contribution in [0, 0.1) is 0 Å². The molecule has 0 aliphatic heterocycles. The molecular weight excluding hydrogens is 316 g/mol. The minimum atomic E-state index is -0.373. The molecule has 1 aromatic carbocycles. The Kier molecular flexibility index (Phi) is 5.26. The number of amides is 1. The van der Waals surface area contributed by atoms with Crippen molar-refractivity contribution in [1.82, 2.24) is 15.2 Å². The molecule has 25 heavy (non-hydrogen) atoms. The van der Waals surface area contributed by atoms with Crippen LogP contribution >= 0.6 is 0 Å². The van der Waals surface area contributed by atoms with Crippen LogP contribution in [0.25, 0.3) is 10.8 Å². The Morgan fingerprint density at radius 1 is 1.12 bits per heavy atom. The van der Waals surface area contributed by atoms with Crippen LogP contribution in [-0.2, 0) is 0 Å². The van der Waals surface area contributed by atoms with Gasteiger partial charge in [-0.3, -0.25) is 9.59 Å². The minimum absolute atomic E-state index is 0.128. The van der Waals surface area contributed by atoms with Crippen LogP contribution in [0.2, 0.25) is 0 Å². The van der Waals surface area contributed by atoms with E-state index >= 15 is 0 Å². The summed E-state index contributed by atoms with van der Waals surface area (Å²) in [6.07, 6.45) is 6.54. The number of rotatable bonds is 3. The fourth-order valence-corrected chi connectivity index (χ4v) is 3.16. The van der Waals surface area contributed by atoms with Gasteiger partial charge in [-0.15, -0.1) is 0 Å². The summed E-state index contributed by atoms with van der Waals surface area (Å²) in [6.45, 7) is 3.74. The zero-order chi connectivity index (χ0) is 17.8. The van der Waals surface area contributed by atoms with Crippen molar-refractivity contribution in [3.05, 3.63) is 40.3 Å². The molecule has 6 nitrogen and oxygen atoms in total. The third-order valence-electron chi connectivity index (χ3n) is 4.53. The van der Waals surface area contributed by atoms with E-state index in [1.807, 2.05) is 13.8 Å². The summed E-state index contributed by atoms with van der Waals surface area (Å²) >= 11 is 0. The van der Waals surface area contributed by atoms with Gasteiger partial charge in [0.05, 0.1) is 11.4 Å². The topological polar surface area (TPSA) is 76.3 Å². The Morgan fingerprint density at radius 3 is 2.40 bits per heavy atom. The summed E-state index contributed by atoms with van der Waals surface area (Å²) in [5.41, 5.74) is 3.73. The first kappa shape index (κ1) is 17.3. The summed E-state index contributed by atoms with van der Waals surface area (Å²) in [7, 11) is 0. The van der Waals surface area contributed by atoms with Crippen LogP contribution in [0.5, 0.6) is 0 Å². The number of nitrogens with zero attached hydrogens (tertiary/aromatic N) is 3. The second-order valence-corrected chi connectivity index (χ2v) is 6.77. The number of hydrogen-bond donors (Lipinski definition) is 1. The largest absolute Gasteiger partial charge is 0.292 e. The van der Waals surface area contributed by atoms with Crippen LogP contribution in [0.3, 0.4) is 0 Å². The summed E-state index contributed by atoms with van der Waals surface area (Å²) in [6, 6.07) is 6.95. The lowest BCUT2D eigenvalue weighted by Crippen LogP contribution is -2.30. The molecule has 0 spiro atoms. The molecule has 132 valence electrons. The van der Waals surface area contributed by atoms with E-state index in [-0.39, 0.29) is 23.2 Å². The maximum absolute atomic E-state index is 12.7. The minimum Gasteiger partial charge on any atom is -0.267 e. The first-order valence-corrected chi connectivity index (χ1v) is 8.95. The third kappa shape index (κ3) is 3.78. The van der Waals surface area contributed by atoms with Crippen LogP contribution in [0.1, 0.15) is 68.9 Å². The Balaban J connectivity index is 1.96. The number of carbonyl (C=O) groups excluding carboxylic acids is 1. The van der Waals surface area contributed by atoms with Gasteiger partial charge >= 0.3 is 0 Å². The van der Waals surface area contributed by atoms with Crippen molar-refractivity contribution in [3.8, 4) is 0 Å². The van der Waals surface area contributed by atoms with Crippen molar-refractivity contribution in [2.24, 2.45) is 5.10 Å². The van der Waals surface area contributed by atoms with Gasteiger partial charge in [0.1, 0.15) is 0 Å². The standard InChI is InChI=1S/C19H24N4O2/c1-13(2)23-19(25)16-12-8-7-11-15(16)17(22-23)18(24)21-20-14-9-5-3-4-6-10-14/h7-8,11-13H,3-6,9-10H2,1-2H3,(H,21,24). The van der Waals surface area contributed by atoms with Crippen molar-refractivity contribution in [2.75, 3.05) is 0 Å². The number of hydrogen-bond acceptors (Lipinski definition) is 4. The lowest BCUT2D eigenvalue weighted by Gasteiger charge is -2.12. The molecule has 1 heterocycles. The van der Waals surface area contributed by atoms with Crippen LogP contribution < -0.4 is 11.0 Å². The fraction of sp³-hybridized carbons (Fsp3) is 0.474. The summed E-state index contributed by atoms with van der Waals surface area (Å²) in [5, 5.41) is 9.67. The molecule has 2 aromatic rings. The number of fused-ring (bicyclic) bond motifs is 1. The van der Waals surface area contributed by atoms with Gasteiger partial charge in [0, 0.05) is 11.1 Å². The van der Waals surface area contributed by atoms with Crippen LogP contribution in [0.4, 0.5) is 0 Å². The summed E-state index contributed by atoms with van der Waals surface area (Å²) < 4.78 is 1.36. The van der Waals surface area contributed by atoms with Crippen molar-refractivity contribution < 1.29 is 4.79 Å². The molecule has 1 amide bonds. The highest BCUT2D eigenvalue weighted by Crippen LogP contribution is 2.16. The van der Waals surface area contributed by atoms with E-state index in [0.29, 0.717) is 10.8 Å². The van der Waals surface area contributed by atoms with Crippen LogP contribution in [-0.4, -0.2) is 21.4 Å². The first-order valence-electron chi connectivity index (χ1n) is 8.95. The van der Waals surface area contributed by atoms with E-state index in [1.54, 1.807) is 24.3 Å². The second kappa shape index (κ2) is 7.59. The van der Waals surface area contributed by atoms with Crippen molar-refractivity contribution in [1.29, 1.82) is 0 Å². The number of nitrogens with one attached hydrogen (secondary N) is 1. The molecule has 3 rings (SSSR count). The molecule has 6 heteroatoms. The molecule has 1 saturated carbocycles. The number of hydrazone groups is 1. The van der Waals surface area contributed by atoms with E-state index in [1.165, 1.54) is 17.5 Å². The summed E-state index contributed by atoms with van der Waals surface area (Å²) in [5.74, 6) is -0.373.